The van der Waals surface area contributed by atoms with Gasteiger partial charge in [0.05, 0.1) is 25.7 Å². The second-order valence-corrected chi connectivity index (χ2v) is 9.68. The molecule has 1 aliphatic rings. The number of esters is 1. The van der Waals surface area contributed by atoms with E-state index in [1.807, 2.05) is 18.2 Å². The lowest BCUT2D eigenvalue weighted by atomic mass is 10.1. The van der Waals surface area contributed by atoms with Crippen molar-refractivity contribution in [3.63, 3.8) is 0 Å². The van der Waals surface area contributed by atoms with Gasteiger partial charge < -0.3 is 18.6 Å². The van der Waals surface area contributed by atoms with Gasteiger partial charge in [0.2, 0.25) is 5.76 Å². The fourth-order valence-corrected chi connectivity index (χ4v) is 4.77. The Morgan fingerprint density at radius 3 is 2.64 bits per heavy atom. The molecule has 186 valence electrons. The highest BCUT2D eigenvalue weighted by Gasteiger charge is 2.36. The van der Waals surface area contributed by atoms with Crippen molar-refractivity contribution in [2.45, 2.75) is 13.2 Å². The SMILES string of the molecule is COC(=O)c1ccc(CN2C(=O)S/C(=C/c3cc(OC)c(OCc4ccccc4Cl)cc3Br)C2=O)o1. The zero-order valence-electron chi connectivity index (χ0n) is 19.1. The Kier molecular flexibility index (Phi) is 8.07. The van der Waals surface area contributed by atoms with Crippen molar-refractivity contribution in [2.75, 3.05) is 14.2 Å². The fraction of sp³-hybridized carbons (Fsp3) is 0.160. The van der Waals surface area contributed by atoms with E-state index in [4.69, 9.17) is 25.5 Å². The minimum Gasteiger partial charge on any atom is -0.493 e. The third-order valence-corrected chi connectivity index (χ3v) is 7.11. The van der Waals surface area contributed by atoms with Gasteiger partial charge in [-0.25, -0.2) is 4.79 Å². The van der Waals surface area contributed by atoms with Crippen LogP contribution in [0.5, 0.6) is 11.5 Å². The number of hydrogen-bond acceptors (Lipinski definition) is 8. The molecule has 36 heavy (non-hydrogen) atoms. The van der Waals surface area contributed by atoms with Crippen molar-refractivity contribution < 1.29 is 33.0 Å². The minimum absolute atomic E-state index is 0.0112. The highest BCUT2D eigenvalue weighted by atomic mass is 79.9. The Labute approximate surface area is 224 Å². The van der Waals surface area contributed by atoms with Crippen LogP contribution in [0.2, 0.25) is 5.02 Å². The second kappa shape index (κ2) is 11.2. The van der Waals surface area contributed by atoms with Crippen LogP contribution in [-0.2, 0) is 22.7 Å². The number of halogens is 2. The lowest BCUT2D eigenvalue weighted by Crippen LogP contribution is -2.27. The predicted octanol–water partition coefficient (Wildman–Crippen LogP) is 6.31. The van der Waals surface area contributed by atoms with Crippen LogP contribution < -0.4 is 9.47 Å². The average Bonchev–Trinajstić information content (AvgIpc) is 3.44. The van der Waals surface area contributed by atoms with E-state index in [2.05, 4.69) is 20.7 Å². The lowest BCUT2D eigenvalue weighted by molar-refractivity contribution is -0.123. The molecule has 4 rings (SSSR count). The van der Waals surface area contributed by atoms with E-state index in [-0.39, 0.29) is 29.6 Å². The van der Waals surface area contributed by atoms with Crippen LogP contribution in [0.1, 0.15) is 27.4 Å². The molecular weight excluding hydrogens is 574 g/mol. The summed E-state index contributed by atoms with van der Waals surface area (Å²) in [6.07, 6.45) is 1.59. The van der Waals surface area contributed by atoms with Crippen LogP contribution in [0.25, 0.3) is 6.08 Å². The summed E-state index contributed by atoms with van der Waals surface area (Å²) in [6.45, 7) is 0.128. The molecule has 2 amide bonds. The molecule has 0 N–H and O–H groups in total. The van der Waals surface area contributed by atoms with Crippen molar-refractivity contribution in [2.24, 2.45) is 0 Å². The van der Waals surface area contributed by atoms with Crippen molar-refractivity contribution >= 4 is 62.5 Å². The first-order chi connectivity index (χ1) is 17.3. The van der Waals surface area contributed by atoms with Crippen molar-refractivity contribution in [3.8, 4) is 11.5 Å². The van der Waals surface area contributed by atoms with E-state index in [0.717, 1.165) is 22.2 Å². The molecule has 1 saturated heterocycles. The van der Waals surface area contributed by atoms with Crippen LogP contribution in [0.4, 0.5) is 4.79 Å². The number of amides is 2. The molecule has 8 nitrogen and oxygen atoms in total. The summed E-state index contributed by atoms with van der Waals surface area (Å²) >= 11 is 10.5. The van der Waals surface area contributed by atoms with Gasteiger partial charge in [-0.1, -0.05) is 45.7 Å². The first kappa shape index (κ1) is 25.9. The van der Waals surface area contributed by atoms with Crippen molar-refractivity contribution in [1.82, 2.24) is 4.90 Å². The number of carbonyl (C=O) groups excluding carboxylic acids is 3. The molecule has 0 spiro atoms. The zero-order chi connectivity index (χ0) is 25.8. The van der Waals surface area contributed by atoms with Gasteiger partial charge in [-0.2, -0.15) is 0 Å². The van der Waals surface area contributed by atoms with Gasteiger partial charge in [-0.15, -0.1) is 0 Å². The number of nitrogens with zero attached hydrogens (tertiary/aromatic N) is 1. The molecule has 2 heterocycles. The van der Waals surface area contributed by atoms with Gasteiger partial charge in [0.15, 0.2) is 11.5 Å². The lowest BCUT2D eigenvalue weighted by Gasteiger charge is -2.14. The van der Waals surface area contributed by atoms with Crippen LogP contribution in [0, 0.1) is 0 Å². The number of furan rings is 1. The number of imide groups is 1. The molecule has 1 aromatic heterocycles. The zero-order valence-corrected chi connectivity index (χ0v) is 22.2. The van der Waals surface area contributed by atoms with Gasteiger partial charge in [-0.3, -0.25) is 14.5 Å². The summed E-state index contributed by atoms with van der Waals surface area (Å²) < 4.78 is 22.0. The Morgan fingerprint density at radius 2 is 1.92 bits per heavy atom. The summed E-state index contributed by atoms with van der Waals surface area (Å²) in [4.78, 5) is 38.3. The summed E-state index contributed by atoms with van der Waals surface area (Å²) in [6, 6.07) is 13.7. The van der Waals surface area contributed by atoms with Crippen LogP contribution in [0.3, 0.4) is 0 Å². The number of methoxy groups -OCH3 is 2. The molecule has 3 aromatic rings. The Balaban J connectivity index is 1.52. The highest BCUT2D eigenvalue weighted by Crippen LogP contribution is 2.39. The maximum atomic E-state index is 12.9. The first-order valence-electron chi connectivity index (χ1n) is 10.5. The smallest absolute Gasteiger partial charge is 0.373 e. The fourth-order valence-electron chi connectivity index (χ4n) is 3.31. The van der Waals surface area contributed by atoms with Crippen LogP contribution >= 0.6 is 39.3 Å². The van der Waals surface area contributed by atoms with Gasteiger partial charge in [0, 0.05) is 15.1 Å². The number of ether oxygens (including phenoxy) is 3. The Bertz CT molecular complexity index is 1370. The molecule has 0 bridgehead atoms. The molecule has 2 aromatic carbocycles. The van der Waals surface area contributed by atoms with E-state index in [9.17, 15) is 14.4 Å². The predicted molar refractivity (Wildman–Crippen MR) is 138 cm³/mol. The number of hydrogen-bond donors (Lipinski definition) is 0. The number of carbonyl (C=O) groups is 3. The molecule has 0 unspecified atom stereocenters. The summed E-state index contributed by atoms with van der Waals surface area (Å²) in [5, 5.41) is 0.143. The Morgan fingerprint density at radius 1 is 1.14 bits per heavy atom. The van der Waals surface area contributed by atoms with E-state index in [1.54, 1.807) is 24.3 Å². The van der Waals surface area contributed by atoms with Crippen molar-refractivity contribution in [3.05, 3.63) is 85.6 Å². The van der Waals surface area contributed by atoms with E-state index < -0.39 is 17.1 Å². The molecule has 1 aliphatic heterocycles. The quantitative estimate of drug-likeness (QED) is 0.222. The molecule has 1 fully saturated rings. The van der Waals surface area contributed by atoms with Gasteiger partial charge in [-0.05, 0) is 53.7 Å². The average molecular weight is 593 g/mol. The molecule has 0 saturated carbocycles. The molecule has 0 radical (unpaired) electrons. The summed E-state index contributed by atoms with van der Waals surface area (Å²) in [7, 11) is 2.74. The van der Waals surface area contributed by atoms with Crippen molar-refractivity contribution in [1.29, 1.82) is 0 Å². The van der Waals surface area contributed by atoms with E-state index in [0.29, 0.717) is 26.6 Å². The third-order valence-electron chi connectivity index (χ3n) is 5.15. The van der Waals surface area contributed by atoms with Gasteiger partial charge in [0.25, 0.3) is 11.1 Å². The summed E-state index contributed by atoms with van der Waals surface area (Å²) in [5.41, 5.74) is 1.44. The highest BCUT2D eigenvalue weighted by molar-refractivity contribution is 9.10. The number of benzene rings is 2. The van der Waals surface area contributed by atoms with E-state index in [1.165, 1.54) is 26.4 Å². The maximum absolute atomic E-state index is 12.9. The van der Waals surface area contributed by atoms with Gasteiger partial charge >= 0.3 is 5.97 Å². The Hall–Kier alpha value is -3.21. The second-order valence-electron chi connectivity index (χ2n) is 7.43. The molecule has 0 atom stereocenters. The first-order valence-corrected chi connectivity index (χ1v) is 12.5. The third kappa shape index (κ3) is 5.61. The maximum Gasteiger partial charge on any atom is 0.373 e. The standard InChI is InChI=1S/C25H19BrClNO7S/c1-32-20-9-15(17(26)11-21(20)34-13-14-5-3-4-6-18(14)27)10-22-23(29)28(25(31)36-22)12-16-7-8-19(35-16)24(30)33-2/h3-11H,12-13H2,1-2H3/b22-10+. The topological polar surface area (TPSA) is 95.3 Å². The number of thioether (sulfide) groups is 1. The van der Waals surface area contributed by atoms with Gasteiger partial charge in [0.1, 0.15) is 12.4 Å². The van der Waals surface area contributed by atoms with Crippen LogP contribution in [-0.4, -0.2) is 36.2 Å². The monoisotopic (exact) mass is 591 g/mol. The molecule has 0 aliphatic carbocycles. The molecular formula is C25H19BrClNO7S. The summed E-state index contributed by atoms with van der Waals surface area (Å²) in [5.74, 6) is 0.0689. The number of rotatable bonds is 8. The van der Waals surface area contributed by atoms with E-state index >= 15 is 0 Å². The van der Waals surface area contributed by atoms with Crippen LogP contribution in [0.15, 0.2) is 62.3 Å². The normalized spacial score (nSPS) is 14.4. The largest absolute Gasteiger partial charge is 0.493 e. The minimum atomic E-state index is -0.645. The molecule has 11 heteroatoms.